The summed E-state index contributed by atoms with van der Waals surface area (Å²) in [4.78, 5) is 21.6. The fourth-order valence-corrected chi connectivity index (χ4v) is 2.09. The molecular weight excluding hydrogens is 272 g/mol. The highest BCUT2D eigenvalue weighted by Gasteiger charge is 2.16. The number of hydrogen-bond donors (Lipinski definition) is 2. The molecule has 2 aromatic rings. The average molecular weight is 286 g/mol. The van der Waals surface area contributed by atoms with Crippen LogP contribution in [0, 0.1) is 24.0 Å². The Morgan fingerprint density at radius 2 is 1.90 bits per heavy atom. The van der Waals surface area contributed by atoms with Crippen LogP contribution in [-0.2, 0) is 0 Å². The molecule has 0 unspecified atom stereocenters. The highest BCUT2D eigenvalue weighted by atomic mass is 16.6. The average Bonchev–Trinajstić information content (AvgIpc) is 2.40. The zero-order chi connectivity index (χ0) is 15.6. The third-order valence-electron chi connectivity index (χ3n) is 3.17. The number of nitro groups is 1. The van der Waals surface area contributed by atoms with Crippen molar-refractivity contribution >= 4 is 23.0 Å². The lowest BCUT2D eigenvalue weighted by molar-refractivity contribution is -0.384. The van der Waals surface area contributed by atoms with E-state index in [1.54, 1.807) is 38.1 Å². The van der Waals surface area contributed by atoms with Crippen LogP contribution in [0.1, 0.15) is 21.5 Å². The highest BCUT2D eigenvalue weighted by Crippen LogP contribution is 2.31. The fourth-order valence-electron chi connectivity index (χ4n) is 2.09. The molecule has 108 valence electrons. The van der Waals surface area contributed by atoms with Crippen LogP contribution in [0.15, 0.2) is 36.4 Å². The predicted octanol–water partition coefficient (Wildman–Crippen LogP) is 3.65. The zero-order valence-corrected chi connectivity index (χ0v) is 11.6. The van der Waals surface area contributed by atoms with Crippen LogP contribution in [0.4, 0.5) is 17.1 Å². The van der Waals surface area contributed by atoms with Crippen molar-refractivity contribution < 1.29 is 14.8 Å². The molecular formula is C15H14N2O4. The van der Waals surface area contributed by atoms with Crippen LogP contribution < -0.4 is 5.32 Å². The van der Waals surface area contributed by atoms with Crippen molar-refractivity contribution in [2.24, 2.45) is 0 Å². The fraction of sp³-hybridized carbons (Fsp3) is 0.133. The second-order valence-corrected chi connectivity index (χ2v) is 4.69. The molecule has 0 radical (unpaired) electrons. The van der Waals surface area contributed by atoms with Gasteiger partial charge >= 0.3 is 5.97 Å². The maximum absolute atomic E-state index is 11.1. The van der Waals surface area contributed by atoms with Gasteiger partial charge < -0.3 is 10.4 Å². The van der Waals surface area contributed by atoms with Crippen molar-refractivity contribution in [1.29, 1.82) is 0 Å². The standard InChI is InChI=1S/C15H14N2O4/c1-9-4-3-5-13(17(20)21)14(9)16-11-6-7-12(15(18)19)10(2)8-11/h3-8,16H,1-2H3,(H,18,19). The predicted molar refractivity (Wildman–Crippen MR) is 79.3 cm³/mol. The maximum Gasteiger partial charge on any atom is 0.335 e. The number of aromatic carboxylic acids is 1. The van der Waals surface area contributed by atoms with Gasteiger partial charge in [-0.2, -0.15) is 0 Å². The minimum Gasteiger partial charge on any atom is -0.478 e. The molecule has 0 amide bonds. The topological polar surface area (TPSA) is 92.5 Å². The molecule has 0 fully saturated rings. The maximum atomic E-state index is 11.1. The number of nitrogens with zero attached hydrogens (tertiary/aromatic N) is 1. The zero-order valence-electron chi connectivity index (χ0n) is 11.6. The first-order valence-corrected chi connectivity index (χ1v) is 6.25. The number of carboxylic acids is 1. The second kappa shape index (κ2) is 5.62. The van der Waals surface area contributed by atoms with E-state index in [-0.39, 0.29) is 11.3 Å². The van der Waals surface area contributed by atoms with Crippen molar-refractivity contribution in [2.45, 2.75) is 13.8 Å². The summed E-state index contributed by atoms with van der Waals surface area (Å²) in [6.45, 7) is 3.45. The lowest BCUT2D eigenvalue weighted by Gasteiger charge is -2.11. The van der Waals surface area contributed by atoms with Crippen molar-refractivity contribution in [1.82, 2.24) is 0 Å². The molecule has 0 saturated heterocycles. The molecule has 21 heavy (non-hydrogen) atoms. The van der Waals surface area contributed by atoms with Gasteiger partial charge in [-0.3, -0.25) is 10.1 Å². The van der Waals surface area contributed by atoms with Gasteiger partial charge in [0.15, 0.2) is 0 Å². The first-order valence-electron chi connectivity index (χ1n) is 6.25. The summed E-state index contributed by atoms with van der Waals surface area (Å²) in [6, 6.07) is 9.54. The molecule has 0 saturated carbocycles. The molecule has 0 atom stereocenters. The quantitative estimate of drug-likeness (QED) is 0.661. The number of benzene rings is 2. The van der Waals surface area contributed by atoms with Crippen LogP contribution in [0.25, 0.3) is 0 Å². The Hall–Kier alpha value is -2.89. The second-order valence-electron chi connectivity index (χ2n) is 4.69. The highest BCUT2D eigenvalue weighted by molar-refractivity contribution is 5.90. The van der Waals surface area contributed by atoms with E-state index in [2.05, 4.69) is 5.32 Å². The van der Waals surface area contributed by atoms with Gasteiger partial charge in [0, 0.05) is 11.8 Å². The third kappa shape index (κ3) is 3.00. The molecule has 0 aliphatic heterocycles. The van der Waals surface area contributed by atoms with E-state index in [0.717, 1.165) is 5.56 Å². The Morgan fingerprint density at radius 3 is 2.48 bits per heavy atom. The van der Waals surface area contributed by atoms with E-state index in [1.165, 1.54) is 12.1 Å². The summed E-state index contributed by atoms with van der Waals surface area (Å²) in [5.41, 5.74) is 2.53. The molecule has 2 N–H and O–H groups in total. The molecule has 0 bridgehead atoms. The summed E-state index contributed by atoms with van der Waals surface area (Å²) in [7, 11) is 0. The van der Waals surface area contributed by atoms with E-state index in [4.69, 9.17) is 5.11 Å². The van der Waals surface area contributed by atoms with Crippen LogP contribution in [-0.4, -0.2) is 16.0 Å². The monoisotopic (exact) mass is 286 g/mol. The van der Waals surface area contributed by atoms with Crippen molar-refractivity contribution in [3.8, 4) is 0 Å². The SMILES string of the molecule is Cc1cc(Nc2c(C)cccc2[N+](=O)[O-])ccc1C(=O)O. The Bertz CT molecular complexity index is 726. The Balaban J connectivity index is 2.41. The van der Waals surface area contributed by atoms with Gasteiger partial charge in [-0.1, -0.05) is 12.1 Å². The van der Waals surface area contributed by atoms with Gasteiger partial charge in [0.1, 0.15) is 5.69 Å². The van der Waals surface area contributed by atoms with Crippen LogP contribution in [0.2, 0.25) is 0 Å². The number of aryl methyl sites for hydroxylation is 2. The first kappa shape index (κ1) is 14.5. The van der Waals surface area contributed by atoms with Gasteiger partial charge in [0.2, 0.25) is 0 Å². The van der Waals surface area contributed by atoms with E-state index >= 15 is 0 Å². The molecule has 0 aliphatic rings. The largest absolute Gasteiger partial charge is 0.478 e. The van der Waals surface area contributed by atoms with Gasteiger partial charge in [-0.15, -0.1) is 0 Å². The van der Waals surface area contributed by atoms with E-state index in [1.807, 2.05) is 0 Å². The lowest BCUT2D eigenvalue weighted by Crippen LogP contribution is -2.02. The molecule has 0 aliphatic carbocycles. The number of carboxylic acid groups (broad SMARTS) is 1. The van der Waals surface area contributed by atoms with E-state index in [9.17, 15) is 14.9 Å². The number of para-hydroxylation sites is 1. The molecule has 6 nitrogen and oxygen atoms in total. The summed E-state index contributed by atoms with van der Waals surface area (Å²) in [6.07, 6.45) is 0. The van der Waals surface area contributed by atoms with Gasteiger partial charge in [0.25, 0.3) is 5.69 Å². The Morgan fingerprint density at radius 1 is 1.19 bits per heavy atom. The molecule has 0 aromatic heterocycles. The minimum atomic E-state index is -0.999. The van der Waals surface area contributed by atoms with Crippen LogP contribution in [0.3, 0.4) is 0 Å². The normalized spacial score (nSPS) is 10.2. The molecule has 0 heterocycles. The summed E-state index contributed by atoms with van der Waals surface area (Å²) < 4.78 is 0. The number of nitrogens with one attached hydrogen (secondary N) is 1. The lowest BCUT2D eigenvalue weighted by atomic mass is 10.1. The number of nitro benzene ring substituents is 1. The molecule has 0 spiro atoms. The minimum absolute atomic E-state index is 0.0186. The Kier molecular flexibility index (Phi) is 3.89. The molecule has 6 heteroatoms. The number of rotatable bonds is 4. The van der Waals surface area contributed by atoms with Gasteiger partial charge in [-0.25, -0.2) is 4.79 Å². The van der Waals surface area contributed by atoms with E-state index in [0.29, 0.717) is 16.9 Å². The van der Waals surface area contributed by atoms with E-state index < -0.39 is 10.9 Å². The van der Waals surface area contributed by atoms with Crippen molar-refractivity contribution in [3.63, 3.8) is 0 Å². The molecule has 2 rings (SSSR count). The van der Waals surface area contributed by atoms with Crippen LogP contribution in [0.5, 0.6) is 0 Å². The first-order chi connectivity index (χ1) is 9.90. The third-order valence-corrected chi connectivity index (χ3v) is 3.17. The Labute approximate surface area is 121 Å². The number of carbonyl (C=O) groups is 1. The van der Waals surface area contributed by atoms with Crippen LogP contribution >= 0.6 is 0 Å². The smallest absolute Gasteiger partial charge is 0.335 e. The van der Waals surface area contributed by atoms with Crippen molar-refractivity contribution in [3.05, 3.63) is 63.2 Å². The number of anilines is 2. The summed E-state index contributed by atoms with van der Waals surface area (Å²) in [5.74, 6) is -0.999. The van der Waals surface area contributed by atoms with Crippen molar-refractivity contribution in [2.75, 3.05) is 5.32 Å². The summed E-state index contributed by atoms with van der Waals surface area (Å²) in [5, 5.41) is 23.1. The number of hydrogen-bond acceptors (Lipinski definition) is 4. The van der Waals surface area contributed by atoms with Gasteiger partial charge in [0.05, 0.1) is 10.5 Å². The molecule has 2 aromatic carbocycles. The summed E-state index contributed by atoms with van der Waals surface area (Å²) >= 11 is 0. The van der Waals surface area contributed by atoms with Gasteiger partial charge in [-0.05, 0) is 43.2 Å².